The smallest absolute Gasteiger partial charge is 0.0973 e. The summed E-state index contributed by atoms with van der Waals surface area (Å²) in [7, 11) is -1.07. The first-order valence-corrected chi connectivity index (χ1v) is 7.74. The standard InChI is InChI=1S/C16H23NOS/c1-5-9-15(17-19(18)16(2,3)4)13-12-14-10-7-6-8-11-14/h1,6-8,10-11,15,17H,9,12-13H2,2-4H3/t15-,19+/m0/s1. The zero-order valence-electron chi connectivity index (χ0n) is 12.0. The van der Waals surface area contributed by atoms with Crippen molar-refractivity contribution in [2.75, 3.05) is 0 Å². The van der Waals surface area contributed by atoms with E-state index in [9.17, 15) is 4.21 Å². The second-order valence-electron chi connectivity index (χ2n) is 5.63. The molecule has 0 aliphatic rings. The van der Waals surface area contributed by atoms with Gasteiger partial charge in [0.25, 0.3) is 0 Å². The van der Waals surface area contributed by atoms with Gasteiger partial charge in [-0.25, -0.2) is 8.93 Å². The molecule has 1 rings (SSSR count). The lowest BCUT2D eigenvalue weighted by Crippen LogP contribution is -2.39. The van der Waals surface area contributed by atoms with E-state index in [0.717, 1.165) is 12.8 Å². The predicted molar refractivity (Wildman–Crippen MR) is 83.0 cm³/mol. The Morgan fingerprint density at radius 2 is 1.95 bits per heavy atom. The molecule has 1 aromatic carbocycles. The van der Waals surface area contributed by atoms with Crippen LogP contribution in [0.5, 0.6) is 0 Å². The highest BCUT2D eigenvalue weighted by Gasteiger charge is 2.22. The third-order valence-corrected chi connectivity index (χ3v) is 4.48. The number of terminal acetylenes is 1. The Morgan fingerprint density at radius 3 is 2.47 bits per heavy atom. The zero-order chi connectivity index (χ0) is 14.3. The SMILES string of the molecule is C#CC[C@@H](CCc1ccccc1)N[S@](=O)C(C)(C)C. The average Bonchev–Trinajstić information content (AvgIpc) is 2.36. The highest BCUT2D eigenvalue weighted by molar-refractivity contribution is 7.84. The molecule has 1 N–H and O–H groups in total. The number of benzene rings is 1. The highest BCUT2D eigenvalue weighted by Crippen LogP contribution is 2.13. The van der Waals surface area contributed by atoms with Gasteiger partial charge in [0.05, 0.1) is 15.7 Å². The van der Waals surface area contributed by atoms with E-state index in [1.807, 2.05) is 39.0 Å². The van der Waals surface area contributed by atoms with E-state index in [0.29, 0.717) is 6.42 Å². The van der Waals surface area contributed by atoms with Gasteiger partial charge in [0.2, 0.25) is 0 Å². The maximum Gasteiger partial charge on any atom is 0.0973 e. The molecule has 0 aromatic heterocycles. The fourth-order valence-electron chi connectivity index (χ4n) is 1.66. The minimum atomic E-state index is -1.07. The van der Waals surface area contributed by atoms with Crippen molar-refractivity contribution in [3.8, 4) is 12.3 Å². The number of nitrogens with one attached hydrogen (secondary N) is 1. The van der Waals surface area contributed by atoms with Crippen molar-refractivity contribution in [3.05, 3.63) is 35.9 Å². The van der Waals surface area contributed by atoms with Crippen LogP contribution in [0.3, 0.4) is 0 Å². The van der Waals surface area contributed by atoms with Crippen LogP contribution in [0.2, 0.25) is 0 Å². The Kier molecular flexibility index (Phi) is 6.27. The van der Waals surface area contributed by atoms with Crippen LogP contribution in [-0.4, -0.2) is 15.0 Å². The van der Waals surface area contributed by atoms with Gasteiger partial charge in [-0.3, -0.25) is 0 Å². The minimum Gasteiger partial charge on any atom is -0.242 e. The fraction of sp³-hybridized carbons (Fsp3) is 0.500. The van der Waals surface area contributed by atoms with Crippen molar-refractivity contribution in [2.24, 2.45) is 0 Å². The summed E-state index contributed by atoms with van der Waals surface area (Å²) in [6.07, 6.45) is 7.84. The molecular formula is C16H23NOS. The van der Waals surface area contributed by atoms with Crippen LogP contribution in [0.25, 0.3) is 0 Å². The maximum atomic E-state index is 12.1. The number of aryl methyl sites for hydroxylation is 1. The molecule has 0 aliphatic heterocycles. The molecule has 3 heteroatoms. The number of hydrogen-bond donors (Lipinski definition) is 1. The second kappa shape index (κ2) is 7.47. The Labute approximate surface area is 119 Å². The molecule has 19 heavy (non-hydrogen) atoms. The molecule has 0 radical (unpaired) electrons. The summed E-state index contributed by atoms with van der Waals surface area (Å²) >= 11 is 0. The molecule has 2 nitrogen and oxygen atoms in total. The molecule has 1 aromatic rings. The molecular weight excluding hydrogens is 254 g/mol. The van der Waals surface area contributed by atoms with Gasteiger partial charge < -0.3 is 0 Å². The summed E-state index contributed by atoms with van der Waals surface area (Å²) < 4.78 is 15.0. The van der Waals surface area contributed by atoms with Crippen molar-refractivity contribution in [3.63, 3.8) is 0 Å². The average molecular weight is 277 g/mol. The van der Waals surface area contributed by atoms with E-state index in [1.54, 1.807) is 0 Å². The predicted octanol–water partition coefficient (Wildman–Crippen LogP) is 3.06. The summed E-state index contributed by atoms with van der Waals surface area (Å²) in [6, 6.07) is 10.4. The van der Waals surface area contributed by atoms with Crippen LogP contribution in [0.4, 0.5) is 0 Å². The van der Waals surface area contributed by atoms with Crippen LogP contribution < -0.4 is 4.72 Å². The maximum absolute atomic E-state index is 12.1. The van der Waals surface area contributed by atoms with Crippen LogP contribution in [0.15, 0.2) is 30.3 Å². The van der Waals surface area contributed by atoms with Gasteiger partial charge in [0.15, 0.2) is 0 Å². The molecule has 0 bridgehead atoms. The van der Waals surface area contributed by atoms with Crippen LogP contribution in [-0.2, 0) is 17.4 Å². The first-order chi connectivity index (χ1) is 8.93. The summed E-state index contributed by atoms with van der Waals surface area (Å²) in [4.78, 5) is 0. The molecule has 0 saturated heterocycles. The summed E-state index contributed by atoms with van der Waals surface area (Å²) in [5, 5.41) is 0. The topological polar surface area (TPSA) is 29.1 Å². The second-order valence-corrected chi connectivity index (χ2v) is 7.63. The van der Waals surface area contributed by atoms with Gasteiger partial charge >= 0.3 is 0 Å². The summed E-state index contributed by atoms with van der Waals surface area (Å²) in [6.45, 7) is 5.88. The van der Waals surface area contributed by atoms with E-state index in [1.165, 1.54) is 5.56 Å². The van der Waals surface area contributed by atoms with Gasteiger partial charge in [0, 0.05) is 12.5 Å². The lowest BCUT2D eigenvalue weighted by molar-refractivity contribution is 0.559. The van der Waals surface area contributed by atoms with Crippen LogP contribution in [0, 0.1) is 12.3 Å². The number of hydrogen-bond acceptors (Lipinski definition) is 1. The molecule has 0 fully saturated rings. The van der Waals surface area contributed by atoms with Crippen molar-refractivity contribution in [1.29, 1.82) is 0 Å². The van der Waals surface area contributed by atoms with E-state index in [2.05, 4.69) is 22.8 Å². The first-order valence-electron chi connectivity index (χ1n) is 6.59. The van der Waals surface area contributed by atoms with Crippen molar-refractivity contribution in [2.45, 2.75) is 50.8 Å². The Hall–Kier alpha value is -1.11. The minimum absolute atomic E-state index is 0.102. The largest absolute Gasteiger partial charge is 0.242 e. The molecule has 104 valence electrons. The number of rotatable bonds is 6. The zero-order valence-corrected chi connectivity index (χ0v) is 12.8. The van der Waals surface area contributed by atoms with Gasteiger partial charge in [-0.05, 0) is 39.2 Å². The van der Waals surface area contributed by atoms with Crippen LogP contribution >= 0.6 is 0 Å². The Bertz CT molecular complexity index is 442. The molecule has 0 amide bonds. The van der Waals surface area contributed by atoms with Crippen molar-refractivity contribution >= 4 is 11.0 Å². The molecule has 0 unspecified atom stereocenters. The van der Waals surface area contributed by atoms with Gasteiger partial charge in [-0.1, -0.05) is 30.3 Å². The van der Waals surface area contributed by atoms with Gasteiger partial charge in [0.1, 0.15) is 0 Å². The van der Waals surface area contributed by atoms with E-state index in [-0.39, 0.29) is 10.8 Å². The van der Waals surface area contributed by atoms with E-state index < -0.39 is 11.0 Å². The quantitative estimate of drug-likeness (QED) is 0.796. The lowest BCUT2D eigenvalue weighted by Gasteiger charge is -2.23. The third kappa shape index (κ3) is 6.04. The first kappa shape index (κ1) is 15.9. The van der Waals surface area contributed by atoms with E-state index in [4.69, 9.17) is 6.42 Å². The summed E-state index contributed by atoms with van der Waals surface area (Å²) in [5.41, 5.74) is 1.29. The molecule has 2 atom stereocenters. The molecule has 0 spiro atoms. The molecule has 0 heterocycles. The van der Waals surface area contributed by atoms with E-state index >= 15 is 0 Å². The third-order valence-electron chi connectivity index (χ3n) is 2.82. The monoisotopic (exact) mass is 277 g/mol. The Morgan fingerprint density at radius 1 is 1.32 bits per heavy atom. The lowest BCUT2D eigenvalue weighted by atomic mass is 10.0. The van der Waals surface area contributed by atoms with Gasteiger partial charge in [-0.15, -0.1) is 12.3 Å². The van der Waals surface area contributed by atoms with Crippen molar-refractivity contribution in [1.82, 2.24) is 4.72 Å². The Balaban J connectivity index is 2.54. The normalized spacial score (nSPS) is 14.6. The van der Waals surface area contributed by atoms with Crippen molar-refractivity contribution < 1.29 is 4.21 Å². The molecule has 0 aliphatic carbocycles. The summed E-state index contributed by atoms with van der Waals surface area (Å²) in [5.74, 6) is 2.66. The van der Waals surface area contributed by atoms with Crippen LogP contribution in [0.1, 0.15) is 39.2 Å². The fourth-order valence-corrected chi connectivity index (χ4v) is 2.52. The highest BCUT2D eigenvalue weighted by atomic mass is 32.2. The molecule has 0 saturated carbocycles. The van der Waals surface area contributed by atoms with Gasteiger partial charge in [-0.2, -0.15) is 0 Å².